The number of amides is 1. The van der Waals surface area contributed by atoms with Crippen LogP contribution in [0.5, 0.6) is 0 Å². The second kappa shape index (κ2) is 7.34. The van der Waals surface area contributed by atoms with Gasteiger partial charge in [-0.15, -0.1) is 0 Å². The third kappa shape index (κ3) is 4.12. The maximum Gasteiger partial charge on any atom is 0.251 e. The number of furan rings is 1. The van der Waals surface area contributed by atoms with Gasteiger partial charge in [-0.2, -0.15) is 0 Å². The van der Waals surface area contributed by atoms with Crippen LogP contribution in [0.15, 0.2) is 53.2 Å². The molecular formula is C17H19NO2. The maximum absolute atomic E-state index is 11.9. The first-order valence-corrected chi connectivity index (χ1v) is 6.87. The Kier molecular flexibility index (Phi) is 5.18. The predicted molar refractivity (Wildman–Crippen MR) is 80.3 cm³/mol. The quantitative estimate of drug-likeness (QED) is 0.860. The van der Waals surface area contributed by atoms with E-state index in [1.54, 1.807) is 12.3 Å². The van der Waals surface area contributed by atoms with Crippen LogP contribution in [0.4, 0.5) is 0 Å². The average Bonchev–Trinajstić information content (AvgIpc) is 2.99. The molecule has 2 rings (SSSR count). The summed E-state index contributed by atoms with van der Waals surface area (Å²) in [4.78, 5) is 11.9. The van der Waals surface area contributed by atoms with Crippen LogP contribution in [0, 0.1) is 0 Å². The molecule has 1 heterocycles. The van der Waals surface area contributed by atoms with Crippen LogP contribution in [-0.4, -0.2) is 5.91 Å². The number of carbonyl (C=O) groups excluding carboxylic acids is 1. The Morgan fingerprint density at radius 1 is 1.25 bits per heavy atom. The van der Waals surface area contributed by atoms with E-state index in [0.29, 0.717) is 12.1 Å². The molecule has 0 bridgehead atoms. The molecule has 0 fully saturated rings. The molecule has 1 amide bonds. The summed E-state index contributed by atoms with van der Waals surface area (Å²) in [5.74, 6) is 0.656. The highest BCUT2D eigenvalue weighted by atomic mass is 16.3. The lowest BCUT2D eigenvalue weighted by atomic mass is 10.1. The highest BCUT2D eigenvalue weighted by molar-refractivity contribution is 5.94. The highest BCUT2D eigenvalue weighted by Gasteiger charge is 2.05. The molecule has 0 aliphatic heterocycles. The Morgan fingerprint density at radius 3 is 2.70 bits per heavy atom. The van der Waals surface area contributed by atoms with Gasteiger partial charge in [0.25, 0.3) is 5.91 Å². The average molecular weight is 269 g/mol. The third-order valence-electron chi connectivity index (χ3n) is 2.94. The summed E-state index contributed by atoms with van der Waals surface area (Å²) in [6, 6.07) is 11.2. The van der Waals surface area contributed by atoms with Crippen molar-refractivity contribution in [2.45, 2.75) is 26.3 Å². The van der Waals surface area contributed by atoms with Crippen LogP contribution in [0.1, 0.15) is 41.4 Å². The van der Waals surface area contributed by atoms with Gasteiger partial charge in [0, 0.05) is 5.56 Å². The van der Waals surface area contributed by atoms with Gasteiger partial charge >= 0.3 is 0 Å². The topological polar surface area (TPSA) is 42.2 Å². The van der Waals surface area contributed by atoms with Gasteiger partial charge in [-0.05, 0) is 36.2 Å². The van der Waals surface area contributed by atoms with Crippen molar-refractivity contribution in [3.63, 3.8) is 0 Å². The summed E-state index contributed by atoms with van der Waals surface area (Å²) in [6.07, 6.45) is 8.04. The second-order valence-electron chi connectivity index (χ2n) is 4.58. The highest BCUT2D eigenvalue weighted by Crippen LogP contribution is 2.08. The summed E-state index contributed by atoms with van der Waals surface area (Å²) in [6.45, 7) is 2.56. The number of nitrogens with one attached hydrogen (secondary N) is 1. The third-order valence-corrected chi connectivity index (χ3v) is 2.94. The molecule has 0 spiro atoms. The van der Waals surface area contributed by atoms with E-state index in [1.807, 2.05) is 30.3 Å². The van der Waals surface area contributed by atoms with Crippen molar-refractivity contribution in [2.75, 3.05) is 0 Å². The number of rotatable bonds is 6. The summed E-state index contributed by atoms with van der Waals surface area (Å²) < 4.78 is 5.17. The van der Waals surface area contributed by atoms with Gasteiger partial charge < -0.3 is 9.73 Å². The molecule has 1 aromatic heterocycles. The molecule has 0 saturated carbocycles. The van der Waals surface area contributed by atoms with Crippen molar-refractivity contribution in [1.82, 2.24) is 5.32 Å². The number of hydrogen-bond donors (Lipinski definition) is 1. The fourth-order valence-electron chi connectivity index (χ4n) is 1.81. The van der Waals surface area contributed by atoms with Gasteiger partial charge in [-0.1, -0.05) is 37.6 Å². The Bertz CT molecular complexity index is 553. The van der Waals surface area contributed by atoms with Crippen LogP contribution in [0.3, 0.4) is 0 Å². The number of hydrogen-bond acceptors (Lipinski definition) is 2. The van der Waals surface area contributed by atoms with Crippen LogP contribution >= 0.6 is 0 Å². The zero-order valence-electron chi connectivity index (χ0n) is 11.6. The summed E-state index contributed by atoms with van der Waals surface area (Å²) in [5.41, 5.74) is 1.77. The first-order valence-electron chi connectivity index (χ1n) is 6.87. The SMILES string of the molecule is CCC/C=C/c1ccc(C(=O)NCc2ccco2)cc1. The minimum Gasteiger partial charge on any atom is -0.467 e. The van der Waals surface area contributed by atoms with E-state index >= 15 is 0 Å². The zero-order valence-corrected chi connectivity index (χ0v) is 11.6. The standard InChI is InChI=1S/C17H19NO2/c1-2-3-4-6-14-8-10-15(11-9-14)17(19)18-13-16-7-5-12-20-16/h4-12H,2-3,13H2,1H3,(H,18,19)/b6-4+. The van der Waals surface area contributed by atoms with E-state index in [-0.39, 0.29) is 5.91 Å². The van der Waals surface area contributed by atoms with Gasteiger partial charge in [0.05, 0.1) is 12.8 Å². The normalized spacial score (nSPS) is 10.8. The summed E-state index contributed by atoms with van der Waals surface area (Å²) >= 11 is 0. The Morgan fingerprint density at radius 2 is 2.05 bits per heavy atom. The lowest BCUT2D eigenvalue weighted by Crippen LogP contribution is -2.22. The van der Waals surface area contributed by atoms with Crippen molar-refractivity contribution in [3.8, 4) is 0 Å². The molecule has 104 valence electrons. The molecule has 0 saturated heterocycles. The monoisotopic (exact) mass is 269 g/mol. The molecule has 2 aromatic rings. The van der Waals surface area contributed by atoms with E-state index in [0.717, 1.165) is 24.2 Å². The van der Waals surface area contributed by atoms with Gasteiger partial charge in [0.2, 0.25) is 0 Å². The molecule has 20 heavy (non-hydrogen) atoms. The predicted octanol–water partition coefficient (Wildman–Crippen LogP) is 4.02. The molecular weight excluding hydrogens is 250 g/mol. The van der Waals surface area contributed by atoms with Gasteiger partial charge in [0.1, 0.15) is 5.76 Å². The Balaban J connectivity index is 1.90. The smallest absolute Gasteiger partial charge is 0.251 e. The van der Waals surface area contributed by atoms with Crippen molar-refractivity contribution in [2.24, 2.45) is 0 Å². The van der Waals surface area contributed by atoms with Crippen LogP contribution in [0.25, 0.3) is 6.08 Å². The number of allylic oxidation sites excluding steroid dienone is 1. The van der Waals surface area contributed by atoms with Crippen molar-refractivity contribution in [1.29, 1.82) is 0 Å². The molecule has 1 N–H and O–H groups in total. The van der Waals surface area contributed by atoms with Crippen molar-refractivity contribution >= 4 is 12.0 Å². The van der Waals surface area contributed by atoms with E-state index in [4.69, 9.17) is 4.42 Å². The number of benzene rings is 1. The van der Waals surface area contributed by atoms with E-state index < -0.39 is 0 Å². The van der Waals surface area contributed by atoms with Gasteiger partial charge in [-0.3, -0.25) is 4.79 Å². The van der Waals surface area contributed by atoms with Gasteiger partial charge in [0.15, 0.2) is 0 Å². The van der Waals surface area contributed by atoms with Crippen LogP contribution in [-0.2, 0) is 6.54 Å². The number of unbranched alkanes of at least 4 members (excludes halogenated alkanes) is 1. The molecule has 3 nitrogen and oxygen atoms in total. The molecule has 0 unspecified atom stereocenters. The lowest BCUT2D eigenvalue weighted by molar-refractivity contribution is 0.0948. The van der Waals surface area contributed by atoms with Gasteiger partial charge in [-0.25, -0.2) is 0 Å². The fourth-order valence-corrected chi connectivity index (χ4v) is 1.81. The lowest BCUT2D eigenvalue weighted by Gasteiger charge is -2.03. The van der Waals surface area contributed by atoms with E-state index in [2.05, 4.69) is 24.4 Å². The zero-order chi connectivity index (χ0) is 14.2. The Labute approximate surface area is 119 Å². The first kappa shape index (κ1) is 14.1. The van der Waals surface area contributed by atoms with Crippen molar-refractivity contribution in [3.05, 3.63) is 65.6 Å². The van der Waals surface area contributed by atoms with E-state index in [1.165, 1.54) is 0 Å². The molecule has 0 aliphatic rings. The van der Waals surface area contributed by atoms with Crippen LogP contribution in [0.2, 0.25) is 0 Å². The molecule has 1 aromatic carbocycles. The first-order chi connectivity index (χ1) is 9.79. The fraction of sp³-hybridized carbons (Fsp3) is 0.235. The molecule has 0 atom stereocenters. The maximum atomic E-state index is 11.9. The number of carbonyl (C=O) groups is 1. The molecule has 0 radical (unpaired) electrons. The minimum absolute atomic E-state index is 0.0921. The summed E-state index contributed by atoms with van der Waals surface area (Å²) in [5, 5.41) is 2.82. The summed E-state index contributed by atoms with van der Waals surface area (Å²) in [7, 11) is 0. The molecule has 3 heteroatoms. The molecule has 0 aliphatic carbocycles. The van der Waals surface area contributed by atoms with Crippen molar-refractivity contribution < 1.29 is 9.21 Å². The minimum atomic E-state index is -0.0921. The van der Waals surface area contributed by atoms with Crippen LogP contribution < -0.4 is 5.32 Å². The van der Waals surface area contributed by atoms with E-state index in [9.17, 15) is 4.79 Å². The second-order valence-corrected chi connectivity index (χ2v) is 4.58. The largest absolute Gasteiger partial charge is 0.467 e. The Hall–Kier alpha value is -2.29.